The van der Waals surface area contributed by atoms with Crippen molar-refractivity contribution in [2.75, 3.05) is 0 Å². The molecule has 0 aromatic carbocycles. The Kier molecular flexibility index (Phi) is 2.06. The van der Waals surface area contributed by atoms with Gasteiger partial charge in [-0.1, -0.05) is 6.92 Å². The summed E-state index contributed by atoms with van der Waals surface area (Å²) in [5.41, 5.74) is 0. The van der Waals surface area contributed by atoms with Gasteiger partial charge in [-0.15, -0.1) is 0 Å². The fraction of sp³-hybridized carbons (Fsp3) is 0.917. The van der Waals surface area contributed by atoms with Gasteiger partial charge in [-0.3, -0.25) is 4.79 Å². The maximum Gasteiger partial charge on any atom is 0.226 e. The van der Waals surface area contributed by atoms with Gasteiger partial charge in [0.05, 0.1) is 6.10 Å². The molecule has 1 aliphatic carbocycles. The van der Waals surface area contributed by atoms with E-state index in [1.54, 1.807) is 0 Å². The summed E-state index contributed by atoms with van der Waals surface area (Å²) < 4.78 is 0. The van der Waals surface area contributed by atoms with E-state index in [4.69, 9.17) is 0 Å². The Hall–Kier alpha value is -0.570. The highest BCUT2D eigenvalue weighted by Gasteiger charge is 2.49. The van der Waals surface area contributed by atoms with Crippen LogP contribution in [0.3, 0.4) is 0 Å². The molecule has 0 spiro atoms. The van der Waals surface area contributed by atoms with Crippen LogP contribution in [0.1, 0.15) is 39.0 Å². The Morgan fingerprint density at radius 3 is 2.20 bits per heavy atom. The zero-order valence-electron chi connectivity index (χ0n) is 9.22. The zero-order valence-corrected chi connectivity index (χ0v) is 9.22. The van der Waals surface area contributed by atoms with Gasteiger partial charge in [-0.05, 0) is 38.0 Å². The van der Waals surface area contributed by atoms with Crippen LogP contribution in [0.15, 0.2) is 0 Å². The molecule has 2 saturated heterocycles. The van der Waals surface area contributed by atoms with Crippen molar-refractivity contribution >= 4 is 5.91 Å². The third kappa shape index (κ3) is 1.48. The molecule has 2 heterocycles. The Bertz CT molecular complexity index is 277. The number of nitrogens with zero attached hydrogens (tertiary/aromatic N) is 1. The molecule has 3 nitrogen and oxygen atoms in total. The quantitative estimate of drug-likeness (QED) is 0.704. The molecule has 0 aromatic rings. The van der Waals surface area contributed by atoms with E-state index in [1.807, 2.05) is 0 Å². The van der Waals surface area contributed by atoms with Gasteiger partial charge in [-0.25, -0.2) is 0 Å². The van der Waals surface area contributed by atoms with E-state index in [1.165, 1.54) is 0 Å². The number of aliphatic hydroxyl groups is 1. The molecule has 3 aliphatic rings. The van der Waals surface area contributed by atoms with Gasteiger partial charge in [0.1, 0.15) is 0 Å². The second-order valence-corrected chi connectivity index (χ2v) is 5.58. The van der Waals surface area contributed by atoms with Gasteiger partial charge in [0.2, 0.25) is 5.91 Å². The van der Waals surface area contributed by atoms with Gasteiger partial charge in [0, 0.05) is 18.0 Å². The van der Waals surface area contributed by atoms with Crippen LogP contribution in [0.25, 0.3) is 0 Å². The van der Waals surface area contributed by atoms with Crippen LogP contribution in [0.4, 0.5) is 0 Å². The molecule has 2 aliphatic heterocycles. The highest BCUT2D eigenvalue weighted by atomic mass is 16.3. The molecule has 1 saturated carbocycles. The van der Waals surface area contributed by atoms with E-state index >= 15 is 0 Å². The minimum Gasteiger partial charge on any atom is -0.393 e. The first-order valence-electron chi connectivity index (χ1n) is 6.17. The molecule has 2 bridgehead atoms. The first-order valence-corrected chi connectivity index (χ1v) is 6.17. The summed E-state index contributed by atoms with van der Waals surface area (Å²) in [6, 6.07) is 0.693. The fourth-order valence-corrected chi connectivity index (χ4v) is 3.37. The first-order chi connectivity index (χ1) is 7.16. The van der Waals surface area contributed by atoms with Gasteiger partial charge in [0.15, 0.2) is 0 Å². The Balaban J connectivity index is 1.74. The SMILES string of the molecule is CC1CC1C(=O)N1C2CCC1CC(O)C2. The number of carbonyl (C=O) groups is 1. The van der Waals surface area contributed by atoms with E-state index in [0.29, 0.717) is 29.8 Å². The van der Waals surface area contributed by atoms with Crippen LogP contribution in [-0.4, -0.2) is 34.1 Å². The smallest absolute Gasteiger partial charge is 0.226 e. The maximum atomic E-state index is 12.2. The lowest BCUT2D eigenvalue weighted by Crippen LogP contribution is -2.48. The number of rotatable bonds is 1. The molecule has 3 heteroatoms. The minimum absolute atomic E-state index is 0.164. The summed E-state index contributed by atoms with van der Waals surface area (Å²) in [6.07, 6.45) is 4.75. The topological polar surface area (TPSA) is 40.5 Å². The summed E-state index contributed by atoms with van der Waals surface area (Å²) in [5, 5.41) is 9.66. The molecule has 4 atom stereocenters. The second kappa shape index (κ2) is 3.21. The molecule has 1 N–H and O–H groups in total. The van der Waals surface area contributed by atoms with Gasteiger partial charge < -0.3 is 10.0 Å². The number of fused-ring (bicyclic) bond motifs is 2. The number of aliphatic hydroxyl groups excluding tert-OH is 1. The number of carbonyl (C=O) groups excluding carboxylic acids is 1. The van der Waals surface area contributed by atoms with Crippen LogP contribution >= 0.6 is 0 Å². The predicted octanol–water partition coefficient (Wildman–Crippen LogP) is 1.16. The van der Waals surface area contributed by atoms with E-state index in [0.717, 1.165) is 32.1 Å². The first kappa shape index (κ1) is 9.64. The molecule has 4 unspecified atom stereocenters. The Morgan fingerprint density at radius 2 is 1.73 bits per heavy atom. The van der Waals surface area contributed by atoms with E-state index in [2.05, 4.69) is 11.8 Å². The molecule has 15 heavy (non-hydrogen) atoms. The number of amides is 1. The maximum absolute atomic E-state index is 12.2. The van der Waals surface area contributed by atoms with Crippen molar-refractivity contribution in [2.24, 2.45) is 11.8 Å². The normalized spacial score (nSPS) is 48.1. The summed E-state index contributed by atoms with van der Waals surface area (Å²) in [4.78, 5) is 14.3. The molecule has 3 fully saturated rings. The fourth-order valence-electron chi connectivity index (χ4n) is 3.37. The summed E-state index contributed by atoms with van der Waals surface area (Å²) in [5.74, 6) is 1.29. The van der Waals surface area contributed by atoms with Gasteiger partial charge in [0.25, 0.3) is 0 Å². The van der Waals surface area contributed by atoms with Crippen molar-refractivity contribution in [2.45, 2.75) is 57.2 Å². The van der Waals surface area contributed by atoms with Crippen molar-refractivity contribution in [3.63, 3.8) is 0 Å². The average Bonchev–Trinajstić information content (AvgIpc) is 2.84. The summed E-state index contributed by atoms with van der Waals surface area (Å²) >= 11 is 0. The molecular formula is C12H19NO2. The van der Waals surface area contributed by atoms with E-state index < -0.39 is 0 Å². The van der Waals surface area contributed by atoms with E-state index in [9.17, 15) is 9.90 Å². The van der Waals surface area contributed by atoms with Crippen LogP contribution < -0.4 is 0 Å². The molecule has 84 valence electrons. The summed E-state index contributed by atoms with van der Waals surface area (Å²) in [6.45, 7) is 2.16. The Labute approximate surface area is 90.5 Å². The van der Waals surface area contributed by atoms with Gasteiger partial charge >= 0.3 is 0 Å². The predicted molar refractivity (Wildman–Crippen MR) is 56.2 cm³/mol. The van der Waals surface area contributed by atoms with Crippen molar-refractivity contribution in [1.29, 1.82) is 0 Å². The largest absolute Gasteiger partial charge is 0.393 e. The minimum atomic E-state index is -0.164. The third-order valence-electron chi connectivity index (χ3n) is 4.39. The van der Waals surface area contributed by atoms with Crippen LogP contribution in [0.2, 0.25) is 0 Å². The lowest BCUT2D eigenvalue weighted by Gasteiger charge is -2.37. The van der Waals surface area contributed by atoms with Crippen LogP contribution in [-0.2, 0) is 4.79 Å². The average molecular weight is 209 g/mol. The molecule has 1 amide bonds. The Morgan fingerprint density at radius 1 is 1.20 bits per heavy atom. The monoisotopic (exact) mass is 209 g/mol. The number of hydrogen-bond acceptors (Lipinski definition) is 2. The standard InChI is InChI=1S/C12H19NO2/c1-7-4-11(7)12(15)13-8-2-3-9(13)6-10(14)5-8/h7-11,14H,2-6H2,1H3. The lowest BCUT2D eigenvalue weighted by molar-refractivity contribution is -0.139. The molecule has 0 radical (unpaired) electrons. The van der Waals surface area contributed by atoms with Crippen molar-refractivity contribution in [3.8, 4) is 0 Å². The second-order valence-electron chi connectivity index (χ2n) is 5.58. The third-order valence-corrected chi connectivity index (χ3v) is 4.39. The molecular weight excluding hydrogens is 190 g/mol. The van der Waals surface area contributed by atoms with Gasteiger partial charge in [-0.2, -0.15) is 0 Å². The van der Waals surface area contributed by atoms with Crippen molar-refractivity contribution in [1.82, 2.24) is 4.90 Å². The van der Waals surface area contributed by atoms with Crippen molar-refractivity contribution < 1.29 is 9.90 Å². The summed E-state index contributed by atoms with van der Waals surface area (Å²) in [7, 11) is 0. The molecule has 3 rings (SSSR count). The molecule has 0 aromatic heterocycles. The number of hydrogen-bond donors (Lipinski definition) is 1. The van der Waals surface area contributed by atoms with Crippen LogP contribution in [0, 0.1) is 11.8 Å². The van der Waals surface area contributed by atoms with Crippen molar-refractivity contribution in [3.05, 3.63) is 0 Å². The zero-order chi connectivity index (χ0) is 10.6. The van der Waals surface area contributed by atoms with E-state index in [-0.39, 0.29) is 6.10 Å². The van der Waals surface area contributed by atoms with Crippen LogP contribution in [0.5, 0.6) is 0 Å². The highest BCUT2D eigenvalue weighted by Crippen LogP contribution is 2.44. The number of piperidine rings is 1. The lowest BCUT2D eigenvalue weighted by atomic mass is 9.99. The highest BCUT2D eigenvalue weighted by molar-refractivity contribution is 5.82.